The Bertz CT molecular complexity index is 626. The summed E-state index contributed by atoms with van der Waals surface area (Å²) in [5.41, 5.74) is 0.611. The number of rotatable bonds is 6. The molecule has 0 saturated carbocycles. The first-order chi connectivity index (χ1) is 10.2. The van der Waals surface area contributed by atoms with E-state index in [2.05, 4.69) is 0 Å². The molecule has 0 N–H and O–H groups in total. The highest BCUT2D eigenvalue weighted by molar-refractivity contribution is 7.12. The first kappa shape index (κ1) is 15.3. The van der Waals surface area contributed by atoms with Gasteiger partial charge in [-0.25, -0.2) is 9.59 Å². The van der Waals surface area contributed by atoms with Crippen LogP contribution in [0.1, 0.15) is 40.0 Å². The van der Waals surface area contributed by atoms with Gasteiger partial charge in [-0.05, 0) is 30.0 Å². The molecule has 0 aliphatic rings. The molecule has 112 valence electrons. The summed E-state index contributed by atoms with van der Waals surface area (Å²) in [7, 11) is 1.32. The molecule has 0 saturated heterocycles. The fourth-order valence-electron chi connectivity index (χ4n) is 1.73. The number of methoxy groups -OCH3 is 1. The maximum absolute atomic E-state index is 11.8. The van der Waals surface area contributed by atoms with E-state index >= 15 is 0 Å². The fraction of sp³-hybridized carbons (Fsp3) is 0.333. The lowest BCUT2D eigenvalue weighted by Gasteiger charge is -2.01. The van der Waals surface area contributed by atoms with Gasteiger partial charge < -0.3 is 13.9 Å². The number of ether oxygens (including phenoxy) is 2. The highest BCUT2D eigenvalue weighted by Crippen LogP contribution is 2.30. The van der Waals surface area contributed by atoms with E-state index < -0.39 is 11.9 Å². The fourth-order valence-corrected chi connectivity index (χ4v) is 2.54. The lowest BCUT2D eigenvalue weighted by molar-refractivity contribution is 0.0464. The summed E-state index contributed by atoms with van der Waals surface area (Å²) in [5.74, 6) is -0.352. The van der Waals surface area contributed by atoms with Gasteiger partial charge in [-0.1, -0.05) is 13.3 Å². The predicted octanol–water partition coefficient (Wildman–Crippen LogP) is 3.75. The molecule has 0 radical (unpaired) electrons. The van der Waals surface area contributed by atoms with E-state index in [0.717, 1.165) is 12.8 Å². The molecule has 0 aliphatic carbocycles. The number of unbranched alkanes of at least 4 members (excludes halogenated alkanes) is 1. The van der Waals surface area contributed by atoms with Crippen molar-refractivity contribution in [2.75, 3.05) is 13.7 Å². The Labute approximate surface area is 126 Å². The Morgan fingerprint density at radius 3 is 2.76 bits per heavy atom. The number of furan rings is 1. The zero-order chi connectivity index (χ0) is 15.2. The summed E-state index contributed by atoms with van der Waals surface area (Å²) in [6.45, 7) is 2.39. The van der Waals surface area contributed by atoms with Crippen molar-refractivity contribution in [2.45, 2.75) is 19.8 Å². The molecule has 0 aliphatic heterocycles. The molecular formula is C15H16O5S. The molecule has 0 fully saturated rings. The van der Waals surface area contributed by atoms with Crippen molar-refractivity contribution in [3.8, 4) is 11.3 Å². The minimum absolute atomic E-state index is 0.128. The van der Waals surface area contributed by atoms with Gasteiger partial charge in [0, 0.05) is 5.56 Å². The van der Waals surface area contributed by atoms with Gasteiger partial charge in [0.2, 0.25) is 5.76 Å². The van der Waals surface area contributed by atoms with Gasteiger partial charge in [0.1, 0.15) is 10.6 Å². The standard InChI is InChI=1S/C15H16O5S/c1-3-4-8-19-14(16)12-6-5-11(20-12)10-7-9-21-13(10)15(17)18-2/h5-7,9H,3-4,8H2,1-2H3. The second kappa shape index (κ2) is 7.08. The molecule has 0 amide bonds. The van der Waals surface area contributed by atoms with Gasteiger partial charge in [-0.15, -0.1) is 11.3 Å². The van der Waals surface area contributed by atoms with Crippen LogP contribution < -0.4 is 0 Å². The van der Waals surface area contributed by atoms with Gasteiger partial charge >= 0.3 is 11.9 Å². The summed E-state index contributed by atoms with van der Waals surface area (Å²) in [6, 6.07) is 4.94. The number of carbonyl (C=O) groups excluding carboxylic acids is 2. The maximum Gasteiger partial charge on any atom is 0.374 e. The Hall–Kier alpha value is -2.08. The van der Waals surface area contributed by atoms with Crippen molar-refractivity contribution in [3.63, 3.8) is 0 Å². The molecule has 0 unspecified atom stereocenters. The monoisotopic (exact) mass is 308 g/mol. The normalized spacial score (nSPS) is 10.4. The number of hydrogen-bond donors (Lipinski definition) is 0. The highest BCUT2D eigenvalue weighted by atomic mass is 32.1. The molecule has 2 heterocycles. The lowest BCUT2D eigenvalue weighted by atomic mass is 10.2. The topological polar surface area (TPSA) is 65.7 Å². The number of hydrogen-bond acceptors (Lipinski definition) is 6. The van der Waals surface area contributed by atoms with Crippen LogP contribution in [0.15, 0.2) is 28.0 Å². The first-order valence-electron chi connectivity index (χ1n) is 6.60. The van der Waals surface area contributed by atoms with Crippen molar-refractivity contribution < 1.29 is 23.5 Å². The van der Waals surface area contributed by atoms with Crippen LogP contribution in [0.2, 0.25) is 0 Å². The van der Waals surface area contributed by atoms with Crippen LogP contribution in [-0.4, -0.2) is 25.7 Å². The smallest absolute Gasteiger partial charge is 0.374 e. The Kier molecular flexibility index (Phi) is 5.16. The molecule has 0 aromatic carbocycles. The minimum Gasteiger partial charge on any atom is -0.465 e. The maximum atomic E-state index is 11.8. The average molecular weight is 308 g/mol. The van der Waals surface area contributed by atoms with Crippen LogP contribution in [0, 0.1) is 0 Å². The van der Waals surface area contributed by atoms with E-state index in [1.807, 2.05) is 6.92 Å². The molecule has 5 nitrogen and oxygen atoms in total. The predicted molar refractivity (Wildman–Crippen MR) is 78.6 cm³/mol. The summed E-state index contributed by atoms with van der Waals surface area (Å²) in [5, 5.41) is 1.77. The van der Waals surface area contributed by atoms with Gasteiger partial charge in [0.05, 0.1) is 13.7 Å². The molecule has 2 aromatic heterocycles. The van der Waals surface area contributed by atoms with E-state index in [4.69, 9.17) is 13.9 Å². The van der Waals surface area contributed by atoms with Gasteiger partial charge in [-0.3, -0.25) is 0 Å². The molecule has 0 atom stereocenters. The molecule has 0 bridgehead atoms. The third kappa shape index (κ3) is 3.52. The average Bonchev–Trinajstić information content (AvgIpc) is 3.14. The van der Waals surface area contributed by atoms with E-state index in [-0.39, 0.29) is 5.76 Å². The van der Waals surface area contributed by atoms with Crippen LogP contribution in [0.5, 0.6) is 0 Å². The zero-order valence-corrected chi connectivity index (χ0v) is 12.7. The number of carbonyl (C=O) groups is 2. The SMILES string of the molecule is CCCCOC(=O)c1ccc(-c2ccsc2C(=O)OC)o1. The second-order valence-electron chi connectivity index (χ2n) is 4.31. The van der Waals surface area contributed by atoms with E-state index in [9.17, 15) is 9.59 Å². The van der Waals surface area contributed by atoms with Crippen LogP contribution in [0.3, 0.4) is 0 Å². The van der Waals surface area contributed by atoms with E-state index in [0.29, 0.717) is 22.8 Å². The Morgan fingerprint density at radius 2 is 2.05 bits per heavy atom. The Balaban J connectivity index is 2.15. The quantitative estimate of drug-likeness (QED) is 0.600. The van der Waals surface area contributed by atoms with Crippen LogP contribution in [0.25, 0.3) is 11.3 Å². The summed E-state index contributed by atoms with van der Waals surface area (Å²) in [4.78, 5) is 23.9. The van der Waals surface area contributed by atoms with Crippen molar-refractivity contribution in [3.05, 3.63) is 34.2 Å². The van der Waals surface area contributed by atoms with Crippen LogP contribution in [0.4, 0.5) is 0 Å². The summed E-state index contributed by atoms with van der Waals surface area (Å²) in [6.07, 6.45) is 1.77. The van der Waals surface area contributed by atoms with E-state index in [1.54, 1.807) is 23.6 Å². The van der Waals surface area contributed by atoms with Crippen molar-refractivity contribution >= 4 is 23.3 Å². The van der Waals surface area contributed by atoms with Crippen LogP contribution >= 0.6 is 11.3 Å². The van der Waals surface area contributed by atoms with Crippen molar-refractivity contribution in [1.82, 2.24) is 0 Å². The van der Waals surface area contributed by atoms with Gasteiger partial charge in [0.15, 0.2) is 0 Å². The summed E-state index contributed by atoms with van der Waals surface area (Å²) >= 11 is 1.26. The van der Waals surface area contributed by atoms with Crippen LogP contribution in [-0.2, 0) is 9.47 Å². The van der Waals surface area contributed by atoms with Gasteiger partial charge in [-0.2, -0.15) is 0 Å². The van der Waals surface area contributed by atoms with Crippen molar-refractivity contribution in [1.29, 1.82) is 0 Å². The van der Waals surface area contributed by atoms with Crippen molar-refractivity contribution in [2.24, 2.45) is 0 Å². The first-order valence-corrected chi connectivity index (χ1v) is 7.48. The largest absolute Gasteiger partial charge is 0.465 e. The second-order valence-corrected chi connectivity index (χ2v) is 5.22. The highest BCUT2D eigenvalue weighted by Gasteiger charge is 2.19. The molecule has 0 spiro atoms. The van der Waals surface area contributed by atoms with Gasteiger partial charge in [0.25, 0.3) is 0 Å². The number of esters is 2. The third-order valence-electron chi connectivity index (χ3n) is 2.84. The molecular weight excluding hydrogens is 292 g/mol. The third-order valence-corrected chi connectivity index (χ3v) is 3.73. The molecule has 2 rings (SSSR count). The molecule has 21 heavy (non-hydrogen) atoms. The summed E-state index contributed by atoms with van der Waals surface area (Å²) < 4.78 is 15.3. The number of thiophene rings is 1. The molecule has 6 heteroatoms. The zero-order valence-electron chi connectivity index (χ0n) is 11.9. The lowest BCUT2D eigenvalue weighted by Crippen LogP contribution is -2.04. The molecule has 2 aromatic rings. The van der Waals surface area contributed by atoms with E-state index in [1.165, 1.54) is 18.4 Å². The Morgan fingerprint density at radius 1 is 1.24 bits per heavy atom. The minimum atomic E-state index is -0.496.